The SMILES string of the molecule is O=C(CCNC(=O)c1ccc(F)cc1F)NCCN1CCN(c2ccccc2)CC1. The van der Waals surface area contributed by atoms with Gasteiger partial charge in [-0.1, -0.05) is 18.2 Å². The Labute approximate surface area is 174 Å². The minimum Gasteiger partial charge on any atom is -0.369 e. The van der Waals surface area contributed by atoms with Crippen molar-refractivity contribution in [2.45, 2.75) is 6.42 Å². The van der Waals surface area contributed by atoms with Crippen LogP contribution in [0.1, 0.15) is 16.8 Å². The Balaban J connectivity index is 1.29. The molecule has 2 amide bonds. The molecule has 2 aromatic rings. The van der Waals surface area contributed by atoms with Gasteiger partial charge in [-0.15, -0.1) is 0 Å². The number of anilines is 1. The maximum absolute atomic E-state index is 13.6. The monoisotopic (exact) mass is 416 g/mol. The Morgan fingerprint density at radius 3 is 2.33 bits per heavy atom. The van der Waals surface area contributed by atoms with Crippen LogP contribution >= 0.6 is 0 Å². The van der Waals surface area contributed by atoms with E-state index in [1.54, 1.807) is 0 Å². The summed E-state index contributed by atoms with van der Waals surface area (Å²) in [7, 11) is 0. The van der Waals surface area contributed by atoms with E-state index in [0.717, 1.165) is 44.9 Å². The highest BCUT2D eigenvalue weighted by atomic mass is 19.1. The zero-order chi connectivity index (χ0) is 21.3. The first kappa shape index (κ1) is 21.7. The van der Waals surface area contributed by atoms with Gasteiger partial charge >= 0.3 is 0 Å². The Hall–Kier alpha value is -3.00. The van der Waals surface area contributed by atoms with Gasteiger partial charge in [0.1, 0.15) is 11.6 Å². The molecule has 3 rings (SSSR count). The highest BCUT2D eigenvalue weighted by Gasteiger charge is 2.17. The largest absolute Gasteiger partial charge is 0.369 e. The van der Waals surface area contributed by atoms with E-state index in [4.69, 9.17) is 0 Å². The van der Waals surface area contributed by atoms with E-state index < -0.39 is 17.5 Å². The first-order valence-electron chi connectivity index (χ1n) is 10.1. The number of nitrogens with zero attached hydrogens (tertiary/aromatic N) is 2. The molecule has 0 bridgehead atoms. The first-order chi connectivity index (χ1) is 14.5. The molecule has 0 saturated carbocycles. The van der Waals surface area contributed by atoms with Gasteiger partial charge in [0.2, 0.25) is 5.91 Å². The van der Waals surface area contributed by atoms with Crippen LogP contribution in [0.25, 0.3) is 0 Å². The fourth-order valence-corrected chi connectivity index (χ4v) is 3.37. The van der Waals surface area contributed by atoms with Crippen molar-refractivity contribution in [3.8, 4) is 0 Å². The molecule has 0 radical (unpaired) electrons. The Kier molecular flexibility index (Phi) is 7.73. The molecule has 1 heterocycles. The number of amides is 2. The molecule has 1 aliphatic heterocycles. The lowest BCUT2D eigenvalue weighted by atomic mass is 10.2. The predicted molar refractivity (Wildman–Crippen MR) is 111 cm³/mol. The van der Waals surface area contributed by atoms with E-state index in [9.17, 15) is 18.4 Å². The van der Waals surface area contributed by atoms with Gasteiger partial charge < -0.3 is 15.5 Å². The minimum atomic E-state index is -0.927. The molecule has 1 aliphatic rings. The van der Waals surface area contributed by atoms with Crippen LogP contribution in [0.4, 0.5) is 14.5 Å². The van der Waals surface area contributed by atoms with Crippen LogP contribution in [0, 0.1) is 11.6 Å². The van der Waals surface area contributed by atoms with Gasteiger partial charge in [-0.25, -0.2) is 8.78 Å². The fraction of sp³-hybridized carbons (Fsp3) is 0.364. The van der Waals surface area contributed by atoms with Crippen molar-refractivity contribution in [3.05, 3.63) is 65.7 Å². The molecular weight excluding hydrogens is 390 g/mol. The molecule has 160 valence electrons. The van der Waals surface area contributed by atoms with E-state index in [1.807, 2.05) is 18.2 Å². The number of hydrogen-bond donors (Lipinski definition) is 2. The smallest absolute Gasteiger partial charge is 0.254 e. The van der Waals surface area contributed by atoms with Crippen molar-refractivity contribution < 1.29 is 18.4 Å². The van der Waals surface area contributed by atoms with Crippen LogP contribution < -0.4 is 15.5 Å². The zero-order valence-corrected chi connectivity index (χ0v) is 16.7. The van der Waals surface area contributed by atoms with Crippen LogP contribution in [0.15, 0.2) is 48.5 Å². The number of para-hydroxylation sites is 1. The van der Waals surface area contributed by atoms with Crippen molar-refractivity contribution in [3.63, 3.8) is 0 Å². The molecular formula is C22H26F2N4O2. The molecule has 1 saturated heterocycles. The van der Waals surface area contributed by atoms with Gasteiger partial charge in [-0.2, -0.15) is 0 Å². The maximum atomic E-state index is 13.6. The number of nitrogens with one attached hydrogen (secondary N) is 2. The molecule has 2 N–H and O–H groups in total. The summed E-state index contributed by atoms with van der Waals surface area (Å²) >= 11 is 0. The second kappa shape index (κ2) is 10.7. The summed E-state index contributed by atoms with van der Waals surface area (Å²) in [6.45, 7) is 5.14. The summed E-state index contributed by atoms with van der Waals surface area (Å²) in [5.74, 6) is -2.52. The number of piperazine rings is 1. The van der Waals surface area contributed by atoms with Crippen molar-refractivity contribution in [1.29, 1.82) is 0 Å². The molecule has 0 aromatic heterocycles. The first-order valence-corrected chi connectivity index (χ1v) is 10.1. The van der Waals surface area contributed by atoms with E-state index in [1.165, 1.54) is 5.69 Å². The van der Waals surface area contributed by atoms with Gasteiger partial charge in [0.25, 0.3) is 5.91 Å². The average Bonchev–Trinajstić information content (AvgIpc) is 2.75. The van der Waals surface area contributed by atoms with E-state index >= 15 is 0 Å². The summed E-state index contributed by atoms with van der Waals surface area (Å²) in [5.41, 5.74) is 0.986. The number of carbonyl (C=O) groups excluding carboxylic acids is 2. The predicted octanol–water partition coefficient (Wildman–Crippen LogP) is 2.02. The summed E-state index contributed by atoms with van der Waals surface area (Å²) in [6.07, 6.45) is 0.0936. The van der Waals surface area contributed by atoms with Crippen molar-refractivity contribution >= 4 is 17.5 Å². The molecule has 0 spiro atoms. The lowest BCUT2D eigenvalue weighted by molar-refractivity contribution is -0.121. The summed E-state index contributed by atoms with van der Waals surface area (Å²) in [6, 6.07) is 13.1. The van der Waals surface area contributed by atoms with Gasteiger partial charge in [-0.3, -0.25) is 14.5 Å². The third-order valence-electron chi connectivity index (χ3n) is 5.06. The second-order valence-corrected chi connectivity index (χ2v) is 7.14. The van der Waals surface area contributed by atoms with Gasteiger partial charge in [0.15, 0.2) is 0 Å². The number of hydrogen-bond acceptors (Lipinski definition) is 4. The third-order valence-corrected chi connectivity index (χ3v) is 5.06. The summed E-state index contributed by atoms with van der Waals surface area (Å²) in [4.78, 5) is 28.5. The topological polar surface area (TPSA) is 64.7 Å². The van der Waals surface area contributed by atoms with Gasteiger partial charge in [0.05, 0.1) is 5.56 Å². The summed E-state index contributed by atoms with van der Waals surface area (Å²) in [5, 5.41) is 5.31. The van der Waals surface area contributed by atoms with Crippen LogP contribution in [0.5, 0.6) is 0 Å². The minimum absolute atomic E-state index is 0.0806. The maximum Gasteiger partial charge on any atom is 0.254 e. The molecule has 30 heavy (non-hydrogen) atoms. The van der Waals surface area contributed by atoms with E-state index in [-0.39, 0.29) is 24.4 Å². The molecule has 6 nitrogen and oxygen atoms in total. The molecule has 0 aliphatic carbocycles. The second-order valence-electron chi connectivity index (χ2n) is 7.14. The molecule has 1 fully saturated rings. The highest BCUT2D eigenvalue weighted by molar-refractivity contribution is 5.94. The quantitative estimate of drug-likeness (QED) is 0.691. The van der Waals surface area contributed by atoms with Crippen LogP contribution in [-0.2, 0) is 4.79 Å². The normalized spacial score (nSPS) is 14.4. The Morgan fingerprint density at radius 1 is 0.900 bits per heavy atom. The van der Waals surface area contributed by atoms with E-state index in [0.29, 0.717) is 12.6 Å². The number of benzene rings is 2. The van der Waals surface area contributed by atoms with Crippen LogP contribution in [0.3, 0.4) is 0 Å². The molecule has 2 aromatic carbocycles. The number of rotatable bonds is 8. The lowest BCUT2D eigenvalue weighted by Gasteiger charge is -2.36. The average molecular weight is 416 g/mol. The molecule has 8 heteroatoms. The summed E-state index contributed by atoms with van der Waals surface area (Å²) < 4.78 is 26.5. The van der Waals surface area contributed by atoms with Gasteiger partial charge in [-0.05, 0) is 24.3 Å². The molecule has 0 unspecified atom stereocenters. The van der Waals surface area contributed by atoms with Crippen molar-refractivity contribution in [2.75, 3.05) is 50.7 Å². The lowest BCUT2D eigenvalue weighted by Crippen LogP contribution is -2.48. The Bertz CT molecular complexity index is 855. The fourth-order valence-electron chi connectivity index (χ4n) is 3.37. The van der Waals surface area contributed by atoms with Gasteiger partial charge in [0, 0.05) is 64.0 Å². The zero-order valence-electron chi connectivity index (χ0n) is 16.7. The van der Waals surface area contributed by atoms with E-state index in [2.05, 4.69) is 32.6 Å². The van der Waals surface area contributed by atoms with Crippen molar-refractivity contribution in [2.24, 2.45) is 0 Å². The third kappa shape index (κ3) is 6.25. The van der Waals surface area contributed by atoms with Crippen molar-refractivity contribution in [1.82, 2.24) is 15.5 Å². The van der Waals surface area contributed by atoms with Crippen LogP contribution in [-0.4, -0.2) is 62.5 Å². The Morgan fingerprint density at radius 2 is 1.63 bits per heavy atom. The standard InChI is InChI=1S/C22H26F2N4O2/c23-17-6-7-19(20(24)16-17)22(30)26-9-8-21(29)25-10-11-27-12-14-28(15-13-27)18-4-2-1-3-5-18/h1-7,16H,8-15H2,(H,25,29)(H,26,30). The van der Waals surface area contributed by atoms with Crippen LogP contribution in [0.2, 0.25) is 0 Å². The highest BCUT2D eigenvalue weighted by Crippen LogP contribution is 2.15. The number of halogens is 2. The molecule has 0 atom stereocenters. The number of carbonyl (C=O) groups is 2.